The summed E-state index contributed by atoms with van der Waals surface area (Å²) in [5.41, 5.74) is 0.897. The summed E-state index contributed by atoms with van der Waals surface area (Å²) in [4.78, 5) is 11.8. The zero-order valence-corrected chi connectivity index (χ0v) is 14.2. The average molecular weight is 329 g/mol. The molecule has 3 rings (SSSR count). The summed E-state index contributed by atoms with van der Waals surface area (Å²) in [6.07, 6.45) is 12.1. The molecule has 2 N–H and O–H groups in total. The van der Waals surface area contributed by atoms with Crippen LogP contribution < -0.4 is 10.6 Å². The van der Waals surface area contributed by atoms with Crippen molar-refractivity contribution < 1.29 is 4.79 Å². The van der Waals surface area contributed by atoms with Gasteiger partial charge in [-0.3, -0.25) is 4.40 Å². The largest absolute Gasteiger partial charge is 0.338 e. The first-order chi connectivity index (χ1) is 11.8. The first kappa shape index (κ1) is 16.7. The fraction of sp³-hybridized carbons (Fsp3) is 0.611. The Hall–Kier alpha value is -2.11. The summed E-state index contributed by atoms with van der Waals surface area (Å²) >= 11 is 0. The SMILES string of the molecule is O=C(NCCCCCc1nnc2ccccn12)NC1CCCCC1. The Morgan fingerprint density at radius 2 is 2.00 bits per heavy atom. The molecule has 1 saturated carbocycles. The summed E-state index contributed by atoms with van der Waals surface area (Å²) in [7, 11) is 0. The Kier molecular flexibility index (Phi) is 6.04. The molecule has 2 heterocycles. The third kappa shape index (κ3) is 4.69. The van der Waals surface area contributed by atoms with Gasteiger partial charge in [0.1, 0.15) is 5.82 Å². The lowest BCUT2D eigenvalue weighted by molar-refractivity contribution is 0.232. The van der Waals surface area contributed by atoms with Gasteiger partial charge in [0.15, 0.2) is 5.65 Å². The molecule has 0 atom stereocenters. The Balaban J connectivity index is 1.28. The van der Waals surface area contributed by atoms with Crippen LogP contribution in [0.15, 0.2) is 24.4 Å². The van der Waals surface area contributed by atoms with E-state index in [0.29, 0.717) is 6.04 Å². The number of rotatable bonds is 7. The van der Waals surface area contributed by atoms with Gasteiger partial charge in [0.05, 0.1) is 0 Å². The molecule has 24 heavy (non-hydrogen) atoms. The molecule has 0 aliphatic heterocycles. The zero-order chi connectivity index (χ0) is 16.6. The van der Waals surface area contributed by atoms with Crippen molar-refractivity contribution in [2.45, 2.75) is 63.8 Å². The van der Waals surface area contributed by atoms with Crippen molar-refractivity contribution in [2.24, 2.45) is 0 Å². The minimum atomic E-state index is -0.00893. The molecular weight excluding hydrogens is 302 g/mol. The fourth-order valence-corrected chi connectivity index (χ4v) is 3.33. The van der Waals surface area contributed by atoms with Crippen LogP contribution in [0, 0.1) is 0 Å². The predicted octanol–water partition coefficient (Wildman–Crippen LogP) is 3.07. The smallest absolute Gasteiger partial charge is 0.315 e. The number of aromatic nitrogens is 3. The third-order valence-electron chi connectivity index (χ3n) is 4.69. The summed E-state index contributed by atoms with van der Waals surface area (Å²) in [6, 6.07) is 6.29. The minimum Gasteiger partial charge on any atom is -0.338 e. The summed E-state index contributed by atoms with van der Waals surface area (Å²) in [5.74, 6) is 1.01. The Bertz CT molecular complexity index is 648. The number of aryl methyl sites for hydroxylation is 1. The molecule has 6 heteroatoms. The van der Waals surface area contributed by atoms with Gasteiger partial charge >= 0.3 is 6.03 Å². The second kappa shape index (κ2) is 8.66. The molecule has 0 unspecified atom stereocenters. The van der Waals surface area contributed by atoms with E-state index in [9.17, 15) is 4.79 Å². The minimum absolute atomic E-state index is 0.00893. The maximum Gasteiger partial charge on any atom is 0.315 e. The number of pyridine rings is 1. The van der Waals surface area contributed by atoms with Gasteiger partial charge in [0.2, 0.25) is 0 Å². The number of carbonyl (C=O) groups is 1. The molecule has 0 bridgehead atoms. The average Bonchev–Trinajstić information content (AvgIpc) is 3.02. The highest BCUT2D eigenvalue weighted by Gasteiger charge is 2.14. The summed E-state index contributed by atoms with van der Waals surface area (Å²) in [6.45, 7) is 0.735. The molecular formula is C18H27N5O. The first-order valence-corrected chi connectivity index (χ1v) is 9.16. The number of fused-ring (bicyclic) bond motifs is 1. The van der Waals surface area contributed by atoms with Gasteiger partial charge in [-0.25, -0.2) is 4.79 Å². The van der Waals surface area contributed by atoms with E-state index in [2.05, 4.69) is 20.8 Å². The van der Waals surface area contributed by atoms with Crippen molar-refractivity contribution in [3.05, 3.63) is 30.2 Å². The monoisotopic (exact) mass is 329 g/mol. The number of nitrogens with zero attached hydrogens (tertiary/aromatic N) is 3. The molecule has 0 radical (unpaired) electrons. The lowest BCUT2D eigenvalue weighted by Gasteiger charge is -2.22. The maximum absolute atomic E-state index is 11.8. The van der Waals surface area contributed by atoms with E-state index in [4.69, 9.17) is 0 Å². The summed E-state index contributed by atoms with van der Waals surface area (Å²) in [5, 5.41) is 14.5. The highest BCUT2D eigenvalue weighted by Crippen LogP contribution is 2.17. The number of unbranched alkanes of at least 4 members (excludes halogenated alkanes) is 2. The maximum atomic E-state index is 11.8. The number of hydrogen-bond donors (Lipinski definition) is 2. The van der Waals surface area contributed by atoms with Crippen LogP contribution >= 0.6 is 0 Å². The standard InChI is InChI=1S/C18H27N5O/c24-18(20-15-9-3-1-4-10-15)19-13-7-2-5-11-16-21-22-17-12-6-8-14-23(16)17/h6,8,12,14-15H,1-5,7,9-11,13H2,(H2,19,20,24). The number of nitrogens with one attached hydrogen (secondary N) is 2. The number of amides is 2. The summed E-state index contributed by atoms with van der Waals surface area (Å²) < 4.78 is 2.04. The van der Waals surface area contributed by atoms with Gasteiger partial charge in [0, 0.05) is 25.2 Å². The Labute approximate surface area is 143 Å². The quantitative estimate of drug-likeness (QED) is 0.767. The lowest BCUT2D eigenvalue weighted by atomic mass is 9.96. The highest BCUT2D eigenvalue weighted by atomic mass is 16.2. The van der Waals surface area contributed by atoms with Crippen molar-refractivity contribution in [3.8, 4) is 0 Å². The van der Waals surface area contributed by atoms with Crippen LogP contribution in [0.5, 0.6) is 0 Å². The molecule has 2 amide bonds. The molecule has 0 saturated heterocycles. The van der Waals surface area contributed by atoms with Crippen LogP contribution in [0.1, 0.15) is 57.2 Å². The number of hydrogen-bond acceptors (Lipinski definition) is 3. The van der Waals surface area contributed by atoms with Crippen molar-refractivity contribution in [1.82, 2.24) is 25.2 Å². The van der Waals surface area contributed by atoms with Gasteiger partial charge in [-0.1, -0.05) is 31.7 Å². The normalized spacial score (nSPS) is 15.5. The van der Waals surface area contributed by atoms with Crippen LogP contribution in [0.4, 0.5) is 4.79 Å². The van der Waals surface area contributed by atoms with E-state index < -0.39 is 0 Å². The number of urea groups is 1. The van der Waals surface area contributed by atoms with Gasteiger partial charge in [-0.15, -0.1) is 10.2 Å². The van der Waals surface area contributed by atoms with Crippen molar-refractivity contribution in [1.29, 1.82) is 0 Å². The molecule has 130 valence electrons. The van der Waals surface area contributed by atoms with Crippen LogP contribution in [0.2, 0.25) is 0 Å². The van der Waals surface area contributed by atoms with E-state index >= 15 is 0 Å². The molecule has 2 aromatic heterocycles. The van der Waals surface area contributed by atoms with E-state index in [-0.39, 0.29) is 6.03 Å². The van der Waals surface area contributed by atoms with Crippen LogP contribution in [0.3, 0.4) is 0 Å². The van der Waals surface area contributed by atoms with Gasteiger partial charge in [-0.05, 0) is 37.8 Å². The van der Waals surface area contributed by atoms with Gasteiger partial charge in [-0.2, -0.15) is 0 Å². The molecule has 0 spiro atoms. The third-order valence-corrected chi connectivity index (χ3v) is 4.69. The predicted molar refractivity (Wildman–Crippen MR) is 93.9 cm³/mol. The highest BCUT2D eigenvalue weighted by molar-refractivity contribution is 5.74. The van der Waals surface area contributed by atoms with Crippen molar-refractivity contribution >= 4 is 11.7 Å². The van der Waals surface area contributed by atoms with Crippen molar-refractivity contribution in [2.75, 3.05) is 6.54 Å². The Morgan fingerprint density at radius 1 is 1.12 bits per heavy atom. The topological polar surface area (TPSA) is 71.3 Å². The fourth-order valence-electron chi connectivity index (χ4n) is 3.33. The van der Waals surface area contributed by atoms with Gasteiger partial charge in [0.25, 0.3) is 0 Å². The van der Waals surface area contributed by atoms with Gasteiger partial charge < -0.3 is 10.6 Å². The molecule has 1 aliphatic rings. The zero-order valence-electron chi connectivity index (χ0n) is 14.2. The number of carbonyl (C=O) groups excluding carboxylic acids is 1. The van der Waals surface area contributed by atoms with Crippen LogP contribution in [-0.4, -0.2) is 33.2 Å². The second-order valence-corrected chi connectivity index (χ2v) is 6.59. The van der Waals surface area contributed by atoms with Crippen LogP contribution in [0.25, 0.3) is 5.65 Å². The first-order valence-electron chi connectivity index (χ1n) is 9.16. The molecule has 2 aromatic rings. The second-order valence-electron chi connectivity index (χ2n) is 6.59. The molecule has 1 aliphatic carbocycles. The molecule has 6 nitrogen and oxygen atoms in total. The lowest BCUT2D eigenvalue weighted by Crippen LogP contribution is -2.43. The van der Waals surface area contributed by atoms with Crippen molar-refractivity contribution in [3.63, 3.8) is 0 Å². The van der Waals surface area contributed by atoms with E-state index in [0.717, 1.165) is 56.5 Å². The molecule has 0 aromatic carbocycles. The molecule has 1 fully saturated rings. The van der Waals surface area contributed by atoms with E-state index in [1.165, 1.54) is 19.3 Å². The van der Waals surface area contributed by atoms with Crippen LogP contribution in [-0.2, 0) is 6.42 Å². The van der Waals surface area contributed by atoms with E-state index in [1.54, 1.807) is 0 Å². The Morgan fingerprint density at radius 3 is 2.88 bits per heavy atom. The van der Waals surface area contributed by atoms with E-state index in [1.807, 2.05) is 28.8 Å².